The summed E-state index contributed by atoms with van der Waals surface area (Å²) in [5, 5.41) is 4.30. The number of alkyl halides is 3. The molecule has 19 heavy (non-hydrogen) atoms. The van der Waals surface area contributed by atoms with Gasteiger partial charge in [0.25, 0.3) is 0 Å². The van der Waals surface area contributed by atoms with Crippen LogP contribution in [0.2, 0.25) is 0 Å². The Bertz CT molecular complexity index is 550. The highest BCUT2D eigenvalue weighted by Crippen LogP contribution is 2.37. The number of nitrogens with zero attached hydrogens (tertiary/aromatic N) is 1. The smallest absolute Gasteiger partial charge is 0.306 e. The summed E-state index contributed by atoms with van der Waals surface area (Å²) in [6, 6.07) is 1.66. The van der Waals surface area contributed by atoms with Crippen LogP contribution in [0.5, 0.6) is 0 Å². The van der Waals surface area contributed by atoms with Crippen LogP contribution >= 0.6 is 38.6 Å². The average molecular weight is 371 g/mol. The standard InChI is InChI=1S/C11H10BrF3N2S2/c1-2-16-9(6-3-8(12)18-5-6)7-4-17-10(19-7)11(13,14)15/h3-5,9,16H,2H2,1H3. The molecule has 1 unspecified atom stereocenters. The third-order valence-electron chi connectivity index (χ3n) is 2.38. The van der Waals surface area contributed by atoms with Crippen LogP contribution in [0.15, 0.2) is 21.4 Å². The van der Waals surface area contributed by atoms with Gasteiger partial charge >= 0.3 is 6.18 Å². The first-order valence-electron chi connectivity index (χ1n) is 5.42. The molecule has 0 radical (unpaired) electrons. The van der Waals surface area contributed by atoms with Crippen LogP contribution < -0.4 is 5.32 Å². The zero-order valence-electron chi connectivity index (χ0n) is 9.79. The van der Waals surface area contributed by atoms with Crippen molar-refractivity contribution in [2.75, 3.05) is 6.54 Å². The van der Waals surface area contributed by atoms with Crippen LogP contribution in [0.1, 0.15) is 28.4 Å². The molecule has 0 aliphatic carbocycles. The molecule has 0 fully saturated rings. The molecule has 2 aromatic heterocycles. The molecule has 1 atom stereocenters. The van der Waals surface area contributed by atoms with Crippen molar-refractivity contribution in [2.24, 2.45) is 0 Å². The summed E-state index contributed by atoms with van der Waals surface area (Å²) in [5.41, 5.74) is 0.941. The average Bonchev–Trinajstić information content (AvgIpc) is 2.93. The fraction of sp³-hybridized carbons (Fsp3) is 0.364. The van der Waals surface area contributed by atoms with Crippen molar-refractivity contribution < 1.29 is 13.2 Å². The normalized spacial score (nSPS) is 13.7. The van der Waals surface area contributed by atoms with Gasteiger partial charge in [0.1, 0.15) is 0 Å². The van der Waals surface area contributed by atoms with Gasteiger partial charge in [-0.3, -0.25) is 0 Å². The first-order valence-corrected chi connectivity index (χ1v) is 7.91. The molecule has 2 heterocycles. The Morgan fingerprint density at radius 2 is 2.21 bits per heavy atom. The lowest BCUT2D eigenvalue weighted by atomic mass is 10.1. The van der Waals surface area contributed by atoms with Crippen LogP contribution in [-0.2, 0) is 6.18 Å². The number of rotatable bonds is 4. The summed E-state index contributed by atoms with van der Waals surface area (Å²) in [5.74, 6) is 0. The van der Waals surface area contributed by atoms with Gasteiger partial charge in [-0.1, -0.05) is 6.92 Å². The second-order valence-corrected chi connectivity index (χ2v) is 7.09. The number of nitrogens with one attached hydrogen (secondary N) is 1. The number of aromatic nitrogens is 1. The van der Waals surface area contributed by atoms with Gasteiger partial charge in [-0.05, 0) is 39.5 Å². The maximum Gasteiger partial charge on any atom is 0.443 e. The summed E-state index contributed by atoms with van der Waals surface area (Å²) < 4.78 is 38.7. The van der Waals surface area contributed by atoms with Gasteiger partial charge in [-0.2, -0.15) is 13.2 Å². The van der Waals surface area contributed by atoms with Crippen molar-refractivity contribution in [1.29, 1.82) is 0 Å². The minimum Gasteiger partial charge on any atom is -0.306 e. The van der Waals surface area contributed by atoms with E-state index in [1.165, 1.54) is 17.5 Å². The second-order valence-electron chi connectivity index (χ2n) is 3.74. The molecule has 1 N–H and O–H groups in total. The van der Waals surface area contributed by atoms with Crippen LogP contribution in [0, 0.1) is 0 Å². The Kier molecular flexibility index (Phi) is 4.65. The van der Waals surface area contributed by atoms with Crippen LogP contribution in [0.25, 0.3) is 0 Å². The molecule has 0 bridgehead atoms. The molecular weight excluding hydrogens is 361 g/mol. The molecule has 0 spiro atoms. The van der Waals surface area contributed by atoms with Crippen molar-refractivity contribution in [3.05, 3.63) is 36.9 Å². The van der Waals surface area contributed by atoms with E-state index in [-0.39, 0.29) is 6.04 Å². The van der Waals surface area contributed by atoms with E-state index >= 15 is 0 Å². The van der Waals surface area contributed by atoms with Crippen molar-refractivity contribution in [3.8, 4) is 0 Å². The molecule has 0 saturated heterocycles. The van der Waals surface area contributed by atoms with Gasteiger partial charge in [0.05, 0.1) is 9.83 Å². The molecule has 0 aliphatic heterocycles. The van der Waals surface area contributed by atoms with Gasteiger partial charge in [-0.25, -0.2) is 4.98 Å². The van der Waals surface area contributed by atoms with Gasteiger partial charge in [0.15, 0.2) is 5.01 Å². The van der Waals surface area contributed by atoms with Gasteiger partial charge in [0.2, 0.25) is 0 Å². The van der Waals surface area contributed by atoms with E-state index in [0.717, 1.165) is 9.35 Å². The summed E-state index contributed by atoms with van der Waals surface area (Å²) in [6.45, 7) is 2.58. The van der Waals surface area contributed by atoms with Gasteiger partial charge in [-0.15, -0.1) is 22.7 Å². The maximum atomic E-state index is 12.6. The Labute approximate surface area is 124 Å². The fourth-order valence-corrected chi connectivity index (χ4v) is 3.70. The number of thiophene rings is 1. The van der Waals surface area contributed by atoms with E-state index in [9.17, 15) is 13.2 Å². The summed E-state index contributed by atoms with van der Waals surface area (Å²) in [4.78, 5) is 4.04. The van der Waals surface area contributed by atoms with Crippen LogP contribution in [-0.4, -0.2) is 11.5 Å². The van der Waals surface area contributed by atoms with E-state index in [2.05, 4.69) is 26.2 Å². The van der Waals surface area contributed by atoms with E-state index in [1.54, 1.807) is 0 Å². The molecule has 104 valence electrons. The molecule has 0 saturated carbocycles. The van der Waals surface area contributed by atoms with E-state index in [4.69, 9.17) is 0 Å². The van der Waals surface area contributed by atoms with E-state index in [1.807, 2.05) is 18.4 Å². The zero-order valence-corrected chi connectivity index (χ0v) is 13.0. The van der Waals surface area contributed by atoms with Crippen LogP contribution in [0.4, 0.5) is 13.2 Å². The Balaban J connectivity index is 2.32. The third-order valence-corrected chi connectivity index (χ3v) is 5.01. The Morgan fingerprint density at radius 3 is 2.68 bits per heavy atom. The summed E-state index contributed by atoms with van der Waals surface area (Å²) in [6.07, 6.45) is -3.08. The SMILES string of the molecule is CCNC(c1csc(Br)c1)c1cnc(C(F)(F)F)s1. The predicted molar refractivity (Wildman–Crippen MR) is 74.7 cm³/mol. The van der Waals surface area contributed by atoms with Crippen molar-refractivity contribution in [3.63, 3.8) is 0 Å². The molecule has 0 aromatic carbocycles. The largest absolute Gasteiger partial charge is 0.443 e. The quantitative estimate of drug-likeness (QED) is 0.844. The lowest BCUT2D eigenvalue weighted by molar-refractivity contribution is -0.137. The highest BCUT2D eigenvalue weighted by atomic mass is 79.9. The second kappa shape index (κ2) is 5.90. The number of halogens is 4. The number of hydrogen-bond donors (Lipinski definition) is 1. The van der Waals surface area contributed by atoms with Crippen LogP contribution in [0.3, 0.4) is 0 Å². The number of hydrogen-bond acceptors (Lipinski definition) is 4. The summed E-state index contributed by atoms with van der Waals surface area (Å²) in [7, 11) is 0. The van der Waals surface area contributed by atoms with E-state index in [0.29, 0.717) is 22.8 Å². The molecule has 2 aromatic rings. The summed E-state index contributed by atoms with van der Waals surface area (Å²) >= 11 is 5.55. The number of thiazole rings is 1. The lowest BCUT2D eigenvalue weighted by Crippen LogP contribution is -2.20. The molecule has 2 rings (SSSR count). The zero-order chi connectivity index (χ0) is 14.0. The van der Waals surface area contributed by atoms with Gasteiger partial charge in [0, 0.05) is 11.1 Å². The molecule has 0 aliphatic rings. The highest BCUT2D eigenvalue weighted by molar-refractivity contribution is 9.11. The third kappa shape index (κ3) is 3.56. The molecule has 8 heteroatoms. The topological polar surface area (TPSA) is 24.9 Å². The van der Waals surface area contributed by atoms with Crippen molar-refractivity contribution in [2.45, 2.75) is 19.1 Å². The maximum absolute atomic E-state index is 12.6. The Hall–Kier alpha value is -0.440. The molecule has 2 nitrogen and oxygen atoms in total. The van der Waals surface area contributed by atoms with Crippen molar-refractivity contribution >= 4 is 38.6 Å². The fourth-order valence-electron chi connectivity index (χ4n) is 1.61. The lowest BCUT2D eigenvalue weighted by Gasteiger charge is -2.14. The monoisotopic (exact) mass is 370 g/mol. The molecular formula is C11H10BrF3N2S2. The highest BCUT2D eigenvalue weighted by Gasteiger charge is 2.35. The first kappa shape index (κ1) is 15.0. The molecule has 0 amide bonds. The first-order chi connectivity index (χ1) is 8.91. The Morgan fingerprint density at radius 1 is 1.47 bits per heavy atom. The minimum atomic E-state index is -4.38. The van der Waals surface area contributed by atoms with Gasteiger partial charge < -0.3 is 5.32 Å². The minimum absolute atomic E-state index is 0.249. The predicted octanol–water partition coefficient (Wildman–Crippen LogP) is 4.68. The van der Waals surface area contributed by atoms with Crippen molar-refractivity contribution in [1.82, 2.24) is 10.3 Å². The van der Waals surface area contributed by atoms with E-state index < -0.39 is 11.2 Å².